The molecule has 1 fully saturated rings. The van der Waals surface area contributed by atoms with Crippen molar-refractivity contribution in [3.8, 4) is 0 Å². The molecule has 1 heteroatoms. The van der Waals surface area contributed by atoms with Crippen LogP contribution in [0.1, 0.15) is 38.7 Å². The maximum absolute atomic E-state index is 9.33. The number of rotatable bonds is 4. The molecule has 0 radical (unpaired) electrons. The van der Waals surface area contributed by atoms with Crippen LogP contribution >= 0.6 is 0 Å². The van der Waals surface area contributed by atoms with E-state index in [1.807, 2.05) is 0 Å². The van der Waals surface area contributed by atoms with Crippen LogP contribution in [0.4, 0.5) is 0 Å². The highest BCUT2D eigenvalue weighted by molar-refractivity contribution is 5.31. The Labute approximate surface area is 92.1 Å². The summed E-state index contributed by atoms with van der Waals surface area (Å²) in [6.07, 6.45) is 3.65. The zero-order valence-electron chi connectivity index (χ0n) is 9.66. The van der Waals surface area contributed by atoms with Crippen LogP contribution < -0.4 is 0 Å². The molecule has 1 saturated carbocycles. The lowest BCUT2D eigenvalue weighted by Crippen LogP contribution is -2.24. The van der Waals surface area contributed by atoms with Crippen molar-refractivity contribution in [1.82, 2.24) is 0 Å². The minimum absolute atomic E-state index is 0.0480. The van der Waals surface area contributed by atoms with Gasteiger partial charge in [-0.15, -0.1) is 0 Å². The number of hydrogen-bond donors (Lipinski definition) is 1. The van der Waals surface area contributed by atoms with Crippen LogP contribution in [0.2, 0.25) is 0 Å². The van der Waals surface area contributed by atoms with Crippen LogP contribution in [-0.2, 0) is 5.41 Å². The fraction of sp³-hybridized carbons (Fsp3) is 0.571. The van der Waals surface area contributed by atoms with Gasteiger partial charge in [-0.25, -0.2) is 0 Å². The van der Waals surface area contributed by atoms with Crippen LogP contribution in [0, 0.1) is 5.41 Å². The van der Waals surface area contributed by atoms with Crippen LogP contribution in [0.5, 0.6) is 0 Å². The second-order valence-electron chi connectivity index (χ2n) is 5.65. The van der Waals surface area contributed by atoms with E-state index in [4.69, 9.17) is 0 Å². The first kappa shape index (κ1) is 10.7. The topological polar surface area (TPSA) is 20.2 Å². The van der Waals surface area contributed by atoms with Gasteiger partial charge in [0.05, 0.1) is 0 Å². The predicted octanol–water partition coefficient (Wildman–Crippen LogP) is 3.13. The van der Waals surface area contributed by atoms with Crippen LogP contribution in [0.3, 0.4) is 0 Å². The van der Waals surface area contributed by atoms with E-state index in [1.54, 1.807) is 0 Å². The molecule has 1 N–H and O–H groups in total. The van der Waals surface area contributed by atoms with E-state index < -0.39 is 0 Å². The van der Waals surface area contributed by atoms with Gasteiger partial charge >= 0.3 is 0 Å². The molecular weight excluding hydrogens is 184 g/mol. The summed E-state index contributed by atoms with van der Waals surface area (Å²) < 4.78 is 0. The normalized spacial score (nSPS) is 18.9. The van der Waals surface area contributed by atoms with E-state index in [0.717, 1.165) is 6.42 Å². The quantitative estimate of drug-likeness (QED) is 0.799. The fourth-order valence-corrected chi connectivity index (χ4v) is 2.48. The van der Waals surface area contributed by atoms with Crippen molar-refractivity contribution in [1.29, 1.82) is 0 Å². The van der Waals surface area contributed by atoms with Crippen molar-refractivity contribution in [3.63, 3.8) is 0 Å². The highest BCUT2D eigenvalue weighted by Crippen LogP contribution is 2.54. The number of hydrogen-bond acceptors (Lipinski definition) is 1. The molecule has 0 amide bonds. The molecule has 0 spiro atoms. The summed E-state index contributed by atoms with van der Waals surface area (Å²) in [5.74, 6) is 0. The molecule has 0 heterocycles. The van der Waals surface area contributed by atoms with Crippen LogP contribution in [-0.4, -0.2) is 11.7 Å². The summed E-state index contributed by atoms with van der Waals surface area (Å²) in [5, 5.41) is 9.33. The zero-order valence-corrected chi connectivity index (χ0v) is 9.66. The van der Waals surface area contributed by atoms with Gasteiger partial charge in [0.15, 0.2) is 0 Å². The first-order valence-corrected chi connectivity index (χ1v) is 5.74. The van der Waals surface area contributed by atoms with Gasteiger partial charge in [-0.05, 0) is 35.7 Å². The summed E-state index contributed by atoms with van der Waals surface area (Å²) >= 11 is 0. The van der Waals surface area contributed by atoms with Crippen molar-refractivity contribution in [2.45, 2.75) is 38.5 Å². The van der Waals surface area contributed by atoms with Crippen LogP contribution in [0.15, 0.2) is 30.3 Å². The third kappa shape index (κ3) is 2.23. The van der Waals surface area contributed by atoms with E-state index >= 15 is 0 Å². The molecule has 1 aromatic rings. The van der Waals surface area contributed by atoms with Gasteiger partial charge in [-0.3, -0.25) is 0 Å². The Morgan fingerprint density at radius 1 is 1.20 bits per heavy atom. The monoisotopic (exact) mass is 204 g/mol. The van der Waals surface area contributed by atoms with Gasteiger partial charge in [0.25, 0.3) is 0 Å². The Kier molecular flexibility index (Phi) is 2.59. The molecule has 0 aromatic heterocycles. The average molecular weight is 204 g/mol. The SMILES string of the molecule is CC(C)(CO)CC1(c2ccccc2)CC1. The predicted molar refractivity (Wildman–Crippen MR) is 62.8 cm³/mol. The van der Waals surface area contributed by atoms with Crippen molar-refractivity contribution in [2.75, 3.05) is 6.61 Å². The van der Waals surface area contributed by atoms with Gasteiger partial charge in [0.2, 0.25) is 0 Å². The number of aliphatic hydroxyl groups excluding tert-OH is 1. The second kappa shape index (κ2) is 3.64. The van der Waals surface area contributed by atoms with Crippen molar-refractivity contribution < 1.29 is 5.11 Å². The summed E-state index contributed by atoms with van der Waals surface area (Å²) in [6, 6.07) is 10.7. The van der Waals surface area contributed by atoms with Crippen molar-refractivity contribution in [3.05, 3.63) is 35.9 Å². The minimum Gasteiger partial charge on any atom is -0.396 e. The first-order chi connectivity index (χ1) is 7.08. The summed E-state index contributed by atoms with van der Waals surface area (Å²) in [6.45, 7) is 4.58. The first-order valence-electron chi connectivity index (χ1n) is 5.74. The lowest BCUT2D eigenvalue weighted by molar-refractivity contribution is 0.138. The average Bonchev–Trinajstić information content (AvgIpc) is 3.00. The standard InChI is InChI=1S/C14H20O/c1-13(2,11-15)10-14(8-9-14)12-6-4-3-5-7-12/h3-7,15H,8-11H2,1-2H3. The smallest absolute Gasteiger partial charge is 0.0482 e. The Hall–Kier alpha value is -0.820. The second-order valence-corrected chi connectivity index (χ2v) is 5.65. The van der Waals surface area contributed by atoms with Gasteiger partial charge in [-0.2, -0.15) is 0 Å². The summed E-state index contributed by atoms with van der Waals surface area (Å²) in [5.41, 5.74) is 1.87. The zero-order chi connectivity index (χ0) is 10.9. The third-order valence-electron chi connectivity index (χ3n) is 3.48. The molecule has 1 aromatic carbocycles. The Bertz CT molecular complexity index is 322. The molecule has 2 rings (SSSR count). The molecule has 1 aliphatic carbocycles. The summed E-state index contributed by atoms with van der Waals surface area (Å²) in [7, 11) is 0. The van der Waals surface area contributed by atoms with Gasteiger partial charge in [0, 0.05) is 6.61 Å². The fourth-order valence-electron chi connectivity index (χ4n) is 2.48. The van der Waals surface area contributed by atoms with Gasteiger partial charge in [-0.1, -0.05) is 44.2 Å². The molecule has 1 aliphatic rings. The molecule has 15 heavy (non-hydrogen) atoms. The Morgan fingerprint density at radius 2 is 1.80 bits per heavy atom. The number of benzene rings is 1. The van der Waals surface area contributed by atoms with E-state index in [-0.39, 0.29) is 12.0 Å². The molecule has 0 saturated heterocycles. The maximum Gasteiger partial charge on any atom is 0.0482 e. The van der Waals surface area contributed by atoms with E-state index in [9.17, 15) is 5.11 Å². The number of aliphatic hydroxyl groups is 1. The lowest BCUT2D eigenvalue weighted by Gasteiger charge is -2.28. The van der Waals surface area contributed by atoms with Gasteiger partial charge < -0.3 is 5.11 Å². The highest BCUT2D eigenvalue weighted by Gasteiger charge is 2.47. The molecule has 1 nitrogen and oxygen atoms in total. The molecule has 0 atom stereocenters. The van der Waals surface area contributed by atoms with Crippen molar-refractivity contribution in [2.24, 2.45) is 5.41 Å². The van der Waals surface area contributed by atoms with E-state index in [0.29, 0.717) is 5.41 Å². The molecule has 0 aliphatic heterocycles. The highest BCUT2D eigenvalue weighted by atomic mass is 16.3. The Morgan fingerprint density at radius 3 is 2.27 bits per heavy atom. The van der Waals surface area contributed by atoms with E-state index in [2.05, 4.69) is 44.2 Å². The molecular formula is C14H20O. The lowest BCUT2D eigenvalue weighted by atomic mass is 9.78. The van der Waals surface area contributed by atoms with Crippen LogP contribution in [0.25, 0.3) is 0 Å². The molecule has 0 bridgehead atoms. The largest absolute Gasteiger partial charge is 0.396 e. The minimum atomic E-state index is 0.0480. The maximum atomic E-state index is 9.33. The third-order valence-corrected chi connectivity index (χ3v) is 3.48. The molecule has 82 valence electrons. The summed E-state index contributed by atoms with van der Waals surface area (Å²) in [4.78, 5) is 0. The van der Waals surface area contributed by atoms with Gasteiger partial charge in [0.1, 0.15) is 0 Å². The van der Waals surface area contributed by atoms with E-state index in [1.165, 1.54) is 18.4 Å². The van der Waals surface area contributed by atoms with Crippen molar-refractivity contribution >= 4 is 0 Å². The Balaban J connectivity index is 2.15. The molecule has 0 unspecified atom stereocenters.